The van der Waals surface area contributed by atoms with E-state index in [0.29, 0.717) is 5.69 Å². The lowest BCUT2D eigenvalue weighted by atomic mass is 10.2. The lowest BCUT2D eigenvalue weighted by Gasteiger charge is -2.07. The highest BCUT2D eigenvalue weighted by Crippen LogP contribution is 2.29. The molecule has 0 aliphatic carbocycles. The topological polar surface area (TPSA) is 17.8 Å². The van der Waals surface area contributed by atoms with Crippen molar-refractivity contribution < 1.29 is 13.2 Å². The molecule has 0 amide bonds. The molecule has 0 aliphatic heterocycles. The molecule has 0 fully saturated rings. The summed E-state index contributed by atoms with van der Waals surface area (Å²) in [4.78, 5) is 0. The molecule has 0 spiro atoms. The summed E-state index contributed by atoms with van der Waals surface area (Å²) >= 11 is 0. The minimum Gasteiger partial charge on any atom is -0.240 e. The molecule has 0 unspecified atom stereocenters. The van der Waals surface area contributed by atoms with Crippen LogP contribution in [0.2, 0.25) is 19.6 Å². The number of alkyl halides is 3. The molecular weight excluding hydrogens is 293 g/mol. The van der Waals surface area contributed by atoms with Crippen LogP contribution in [0.4, 0.5) is 13.2 Å². The number of hydrogen-bond donors (Lipinski definition) is 0. The van der Waals surface area contributed by atoms with Crippen LogP contribution in [-0.2, 0) is 6.18 Å². The predicted molar refractivity (Wildman–Crippen MR) is 78.8 cm³/mol. The molecule has 1 aromatic carbocycles. The largest absolute Gasteiger partial charge is 0.416 e. The molecule has 1 heterocycles. The molecule has 21 heavy (non-hydrogen) atoms. The molecule has 0 saturated heterocycles. The molecule has 1 aromatic heterocycles. The first-order valence-electron chi connectivity index (χ1n) is 6.41. The third kappa shape index (κ3) is 4.23. The number of rotatable bonds is 1. The Kier molecular flexibility index (Phi) is 3.96. The molecule has 2 rings (SSSR count). The van der Waals surface area contributed by atoms with Crippen LogP contribution >= 0.6 is 0 Å². The van der Waals surface area contributed by atoms with Crippen LogP contribution in [0, 0.1) is 11.5 Å². The van der Waals surface area contributed by atoms with Gasteiger partial charge in [-0.05, 0) is 24.3 Å². The SMILES string of the molecule is C[Si](C)(C)C#Cc1cnn(-c2ccc(C(F)(F)F)cc2)c1. The summed E-state index contributed by atoms with van der Waals surface area (Å²) in [6, 6.07) is 4.88. The molecule has 0 saturated carbocycles. The zero-order chi connectivity index (χ0) is 15.7. The van der Waals surface area contributed by atoms with Crippen molar-refractivity contribution in [2.45, 2.75) is 25.8 Å². The Balaban J connectivity index is 2.24. The fourth-order valence-corrected chi connectivity index (χ4v) is 2.11. The van der Waals surface area contributed by atoms with E-state index in [0.717, 1.165) is 17.7 Å². The predicted octanol–water partition coefficient (Wildman–Crippen LogP) is 4.12. The van der Waals surface area contributed by atoms with Gasteiger partial charge in [0.2, 0.25) is 0 Å². The summed E-state index contributed by atoms with van der Waals surface area (Å²) < 4.78 is 39.0. The van der Waals surface area contributed by atoms with Crippen LogP contribution in [-0.4, -0.2) is 17.9 Å². The molecule has 6 heteroatoms. The van der Waals surface area contributed by atoms with Gasteiger partial charge >= 0.3 is 6.18 Å². The van der Waals surface area contributed by atoms with E-state index >= 15 is 0 Å². The van der Waals surface area contributed by atoms with Crippen molar-refractivity contribution in [3.8, 4) is 17.2 Å². The zero-order valence-electron chi connectivity index (χ0n) is 12.0. The smallest absolute Gasteiger partial charge is 0.240 e. The Hall–Kier alpha value is -2.00. The summed E-state index contributed by atoms with van der Waals surface area (Å²) in [5, 5.41) is 4.13. The fraction of sp³-hybridized carbons (Fsp3) is 0.267. The highest BCUT2D eigenvalue weighted by molar-refractivity contribution is 6.83. The molecule has 0 radical (unpaired) electrons. The molecule has 110 valence electrons. The summed E-state index contributed by atoms with van der Waals surface area (Å²) in [6.45, 7) is 6.42. The van der Waals surface area contributed by atoms with Gasteiger partial charge in [-0.1, -0.05) is 25.6 Å². The number of hydrogen-bond acceptors (Lipinski definition) is 1. The van der Waals surface area contributed by atoms with Crippen molar-refractivity contribution >= 4 is 8.07 Å². The van der Waals surface area contributed by atoms with Crippen LogP contribution in [0.3, 0.4) is 0 Å². The molecule has 0 N–H and O–H groups in total. The van der Waals surface area contributed by atoms with Gasteiger partial charge < -0.3 is 0 Å². The van der Waals surface area contributed by atoms with Crippen molar-refractivity contribution in [1.29, 1.82) is 0 Å². The highest BCUT2D eigenvalue weighted by atomic mass is 28.3. The van der Waals surface area contributed by atoms with E-state index in [1.54, 1.807) is 12.4 Å². The van der Waals surface area contributed by atoms with Crippen LogP contribution in [0.1, 0.15) is 11.1 Å². The maximum atomic E-state index is 12.5. The monoisotopic (exact) mass is 308 g/mol. The minimum absolute atomic E-state index is 0.573. The second-order valence-electron chi connectivity index (χ2n) is 5.72. The van der Waals surface area contributed by atoms with E-state index in [2.05, 4.69) is 36.2 Å². The molecule has 2 nitrogen and oxygen atoms in total. The molecular formula is C15H15F3N2Si. The van der Waals surface area contributed by atoms with Crippen LogP contribution in [0.15, 0.2) is 36.7 Å². The van der Waals surface area contributed by atoms with Gasteiger partial charge in [0, 0.05) is 6.20 Å². The maximum absolute atomic E-state index is 12.5. The first-order valence-corrected chi connectivity index (χ1v) is 9.91. The zero-order valence-corrected chi connectivity index (χ0v) is 13.0. The Bertz CT molecular complexity index is 683. The summed E-state index contributed by atoms with van der Waals surface area (Å²) in [5.74, 6) is 3.06. The molecule has 0 bridgehead atoms. The van der Waals surface area contributed by atoms with Crippen molar-refractivity contribution in [3.05, 3.63) is 47.8 Å². The molecule has 0 aliphatic rings. The van der Waals surface area contributed by atoms with Crippen LogP contribution in [0.25, 0.3) is 5.69 Å². The van der Waals surface area contributed by atoms with Gasteiger partial charge in [-0.3, -0.25) is 0 Å². The third-order valence-electron chi connectivity index (χ3n) is 2.62. The van der Waals surface area contributed by atoms with E-state index in [1.165, 1.54) is 16.8 Å². The van der Waals surface area contributed by atoms with Crippen LogP contribution < -0.4 is 0 Å². The lowest BCUT2D eigenvalue weighted by Crippen LogP contribution is -2.16. The standard InChI is InChI=1S/C15H15F3N2Si/c1-21(2,3)9-8-12-10-19-20(11-12)14-6-4-13(5-7-14)15(16,17)18/h4-7,10-11H,1-3H3. The van der Waals surface area contributed by atoms with Gasteiger partial charge in [-0.15, -0.1) is 5.54 Å². The van der Waals surface area contributed by atoms with Gasteiger partial charge in [0.1, 0.15) is 8.07 Å². The van der Waals surface area contributed by atoms with E-state index in [9.17, 15) is 13.2 Å². The third-order valence-corrected chi connectivity index (χ3v) is 3.50. The van der Waals surface area contributed by atoms with Crippen molar-refractivity contribution in [2.75, 3.05) is 0 Å². The molecule has 0 atom stereocenters. The van der Waals surface area contributed by atoms with E-state index < -0.39 is 19.8 Å². The average Bonchev–Trinajstić information content (AvgIpc) is 2.83. The quantitative estimate of drug-likeness (QED) is 0.572. The lowest BCUT2D eigenvalue weighted by molar-refractivity contribution is -0.137. The maximum Gasteiger partial charge on any atom is 0.416 e. The number of aromatic nitrogens is 2. The fourth-order valence-electron chi connectivity index (χ4n) is 1.59. The second kappa shape index (κ2) is 5.41. The number of benzene rings is 1. The van der Waals surface area contributed by atoms with Crippen molar-refractivity contribution in [3.63, 3.8) is 0 Å². The first kappa shape index (κ1) is 15.4. The summed E-state index contributed by atoms with van der Waals surface area (Å²) in [6.07, 6.45) is -0.989. The van der Waals surface area contributed by atoms with Crippen LogP contribution in [0.5, 0.6) is 0 Å². The Morgan fingerprint density at radius 2 is 1.71 bits per heavy atom. The minimum atomic E-state index is -4.32. The Labute approximate surface area is 122 Å². The second-order valence-corrected chi connectivity index (χ2v) is 10.5. The highest BCUT2D eigenvalue weighted by Gasteiger charge is 2.29. The molecule has 2 aromatic rings. The van der Waals surface area contributed by atoms with E-state index in [1.807, 2.05) is 0 Å². The summed E-state index contributed by atoms with van der Waals surface area (Å²) in [5.41, 5.74) is 3.88. The summed E-state index contributed by atoms with van der Waals surface area (Å²) in [7, 11) is -1.46. The van der Waals surface area contributed by atoms with E-state index in [4.69, 9.17) is 0 Å². The van der Waals surface area contributed by atoms with Gasteiger partial charge in [0.25, 0.3) is 0 Å². The van der Waals surface area contributed by atoms with Crippen molar-refractivity contribution in [2.24, 2.45) is 0 Å². The normalized spacial score (nSPS) is 11.9. The Morgan fingerprint density at radius 3 is 2.24 bits per heavy atom. The van der Waals surface area contributed by atoms with Crippen molar-refractivity contribution in [1.82, 2.24) is 9.78 Å². The number of nitrogens with zero attached hydrogens (tertiary/aromatic N) is 2. The first-order chi connectivity index (χ1) is 9.65. The van der Waals surface area contributed by atoms with Gasteiger partial charge in [0.15, 0.2) is 0 Å². The average molecular weight is 308 g/mol. The van der Waals surface area contributed by atoms with Gasteiger partial charge in [-0.2, -0.15) is 18.3 Å². The van der Waals surface area contributed by atoms with E-state index in [-0.39, 0.29) is 0 Å². The Morgan fingerprint density at radius 1 is 1.10 bits per heavy atom. The van der Waals surface area contributed by atoms with Gasteiger partial charge in [-0.25, -0.2) is 4.68 Å². The van der Waals surface area contributed by atoms with Gasteiger partial charge in [0.05, 0.1) is 23.0 Å². The number of halogens is 3.